The second kappa shape index (κ2) is 46.9. The third-order valence-corrected chi connectivity index (χ3v) is 12.6. The summed E-state index contributed by atoms with van der Waals surface area (Å²) < 4.78 is 16.8. The molecule has 0 N–H and O–H groups in total. The van der Waals surface area contributed by atoms with Gasteiger partial charge in [0.05, 0.1) is 0 Å². The van der Waals surface area contributed by atoms with Crippen LogP contribution in [0.25, 0.3) is 0 Å². The quantitative estimate of drug-likeness (QED) is 0.0345. The van der Waals surface area contributed by atoms with Crippen molar-refractivity contribution in [1.82, 2.24) is 0 Å². The predicted octanol–water partition coefficient (Wildman–Crippen LogP) is 17.3. The van der Waals surface area contributed by atoms with E-state index in [1.54, 1.807) is 0 Å². The Morgan fingerprint density at radius 1 is 0.350 bits per heavy atom. The zero-order valence-electron chi connectivity index (χ0n) is 41.1. The van der Waals surface area contributed by atoms with Crippen LogP contribution in [0.4, 0.5) is 0 Å². The molecule has 0 heterocycles. The summed E-state index contributed by atoms with van der Waals surface area (Å²) in [4.78, 5) is 38.0. The maximum Gasteiger partial charge on any atom is 0.306 e. The van der Waals surface area contributed by atoms with Gasteiger partial charge in [0.2, 0.25) is 0 Å². The molecule has 6 nitrogen and oxygen atoms in total. The van der Waals surface area contributed by atoms with E-state index < -0.39 is 6.10 Å². The molecular weight excluding hydrogens is 745 g/mol. The van der Waals surface area contributed by atoms with Crippen molar-refractivity contribution in [3.8, 4) is 0 Å². The van der Waals surface area contributed by atoms with Gasteiger partial charge in [-0.1, -0.05) is 259 Å². The minimum Gasteiger partial charge on any atom is -0.462 e. The summed E-state index contributed by atoms with van der Waals surface area (Å²) in [5.74, 6) is 0.829. The zero-order chi connectivity index (χ0) is 44.0. The number of unbranched alkanes of at least 4 members (excludes halogenated alkanes) is 32. The first kappa shape index (κ1) is 58.4. The highest BCUT2D eigenvalue weighted by Crippen LogP contribution is 2.18. The number of hydrogen-bond donors (Lipinski definition) is 0. The Morgan fingerprint density at radius 3 is 0.950 bits per heavy atom. The number of rotatable bonds is 48. The zero-order valence-corrected chi connectivity index (χ0v) is 41.1. The third-order valence-electron chi connectivity index (χ3n) is 12.6. The first-order valence-electron chi connectivity index (χ1n) is 26.8. The van der Waals surface area contributed by atoms with Gasteiger partial charge in [-0.3, -0.25) is 14.4 Å². The molecule has 0 saturated heterocycles. The summed E-state index contributed by atoms with van der Waals surface area (Å²) in [6.45, 7) is 11.4. The maximum atomic E-state index is 12.8. The third kappa shape index (κ3) is 45.9. The fourth-order valence-electron chi connectivity index (χ4n) is 8.13. The second-order valence-corrected chi connectivity index (χ2v) is 19.2. The van der Waals surface area contributed by atoms with E-state index in [1.807, 2.05) is 0 Å². The van der Waals surface area contributed by atoms with Crippen LogP contribution in [0.1, 0.15) is 298 Å². The van der Waals surface area contributed by atoms with Gasteiger partial charge in [0, 0.05) is 19.3 Å². The highest BCUT2D eigenvalue weighted by atomic mass is 16.6. The second-order valence-electron chi connectivity index (χ2n) is 19.2. The molecule has 0 fully saturated rings. The summed E-state index contributed by atoms with van der Waals surface area (Å²) >= 11 is 0. The van der Waals surface area contributed by atoms with Crippen LogP contribution >= 0.6 is 0 Å². The van der Waals surface area contributed by atoms with Crippen molar-refractivity contribution < 1.29 is 28.6 Å². The molecule has 0 amide bonds. The van der Waals surface area contributed by atoms with Gasteiger partial charge in [-0.15, -0.1) is 0 Å². The predicted molar refractivity (Wildman–Crippen MR) is 256 cm³/mol. The van der Waals surface area contributed by atoms with E-state index >= 15 is 0 Å². The lowest BCUT2D eigenvalue weighted by atomic mass is 9.99. The first-order chi connectivity index (χ1) is 29.3. The summed E-state index contributed by atoms with van der Waals surface area (Å²) in [6.07, 6.45) is 48.0. The number of ether oxygens (including phenoxy) is 3. The Hall–Kier alpha value is -1.59. The van der Waals surface area contributed by atoms with E-state index in [2.05, 4.69) is 34.6 Å². The van der Waals surface area contributed by atoms with E-state index in [9.17, 15) is 14.4 Å². The molecule has 0 rings (SSSR count). The highest BCUT2D eigenvalue weighted by Gasteiger charge is 2.19. The van der Waals surface area contributed by atoms with Crippen molar-refractivity contribution in [3.63, 3.8) is 0 Å². The molecule has 2 atom stereocenters. The Balaban J connectivity index is 4.31. The summed E-state index contributed by atoms with van der Waals surface area (Å²) in [5.41, 5.74) is 0. The first-order valence-corrected chi connectivity index (χ1v) is 26.8. The van der Waals surface area contributed by atoms with Crippen LogP contribution in [0.2, 0.25) is 0 Å². The smallest absolute Gasteiger partial charge is 0.306 e. The van der Waals surface area contributed by atoms with E-state index in [0.717, 1.165) is 69.6 Å². The van der Waals surface area contributed by atoms with Gasteiger partial charge in [0.25, 0.3) is 0 Å². The SMILES string of the molecule is CCCCCCCCCCCCCCCCCCC(=O)OC[C@@H](COC(=O)CCCCCCCCCCCC(C)C)OC(=O)CCCCCCCCCCCCC(C)CC. The van der Waals surface area contributed by atoms with Crippen LogP contribution in [0.5, 0.6) is 0 Å². The molecule has 0 spiro atoms. The fraction of sp³-hybridized carbons (Fsp3) is 0.944. The lowest BCUT2D eigenvalue weighted by molar-refractivity contribution is -0.167. The number of carbonyl (C=O) groups is 3. The molecule has 0 aromatic heterocycles. The minimum atomic E-state index is -0.762. The van der Waals surface area contributed by atoms with Crippen LogP contribution in [0, 0.1) is 11.8 Å². The van der Waals surface area contributed by atoms with E-state index in [0.29, 0.717) is 19.3 Å². The molecule has 0 aliphatic rings. The molecule has 6 heteroatoms. The fourth-order valence-corrected chi connectivity index (χ4v) is 8.13. The molecular formula is C54H104O6. The lowest BCUT2D eigenvalue weighted by Crippen LogP contribution is -2.30. The Labute approximate surface area is 374 Å². The van der Waals surface area contributed by atoms with Crippen LogP contribution in [0.3, 0.4) is 0 Å². The lowest BCUT2D eigenvalue weighted by Gasteiger charge is -2.18. The molecule has 0 bridgehead atoms. The number of esters is 3. The van der Waals surface area contributed by atoms with Crippen molar-refractivity contribution in [1.29, 1.82) is 0 Å². The average Bonchev–Trinajstić information content (AvgIpc) is 3.23. The van der Waals surface area contributed by atoms with E-state index in [4.69, 9.17) is 14.2 Å². The van der Waals surface area contributed by atoms with Gasteiger partial charge in [-0.25, -0.2) is 0 Å². The molecule has 0 aliphatic heterocycles. The van der Waals surface area contributed by atoms with Crippen LogP contribution in [-0.2, 0) is 28.6 Å². The number of carbonyl (C=O) groups excluding carboxylic acids is 3. The van der Waals surface area contributed by atoms with E-state index in [-0.39, 0.29) is 31.1 Å². The maximum absolute atomic E-state index is 12.8. The van der Waals surface area contributed by atoms with Gasteiger partial charge in [0.1, 0.15) is 13.2 Å². The van der Waals surface area contributed by atoms with Crippen molar-refractivity contribution in [3.05, 3.63) is 0 Å². The van der Waals surface area contributed by atoms with E-state index in [1.165, 1.54) is 186 Å². The minimum absolute atomic E-state index is 0.0637. The van der Waals surface area contributed by atoms with Crippen LogP contribution in [-0.4, -0.2) is 37.2 Å². The van der Waals surface area contributed by atoms with Crippen molar-refractivity contribution in [2.24, 2.45) is 11.8 Å². The van der Waals surface area contributed by atoms with Crippen LogP contribution in [0.15, 0.2) is 0 Å². The molecule has 0 radical (unpaired) electrons. The Kier molecular flexibility index (Phi) is 45.7. The normalized spacial score (nSPS) is 12.5. The van der Waals surface area contributed by atoms with Crippen molar-refractivity contribution in [2.45, 2.75) is 304 Å². The average molecular weight is 849 g/mol. The standard InChI is InChI=1S/C54H104O6/c1-6-8-9-10-11-12-13-14-15-16-17-18-24-29-34-39-44-52(55)58-47-51(48-59-53(56)45-40-35-30-26-21-22-27-32-37-42-49(3)4)60-54(57)46-41-36-31-25-20-19-23-28-33-38-43-50(5)7-2/h49-51H,6-48H2,1-5H3/t50?,51-/m0/s1. The van der Waals surface area contributed by atoms with Gasteiger partial charge < -0.3 is 14.2 Å². The topological polar surface area (TPSA) is 78.9 Å². The van der Waals surface area contributed by atoms with Crippen molar-refractivity contribution >= 4 is 17.9 Å². The van der Waals surface area contributed by atoms with Gasteiger partial charge in [-0.05, 0) is 31.1 Å². The molecule has 356 valence electrons. The molecule has 60 heavy (non-hydrogen) atoms. The number of hydrogen-bond acceptors (Lipinski definition) is 6. The largest absolute Gasteiger partial charge is 0.462 e. The summed E-state index contributed by atoms with van der Waals surface area (Å²) in [5, 5.41) is 0. The van der Waals surface area contributed by atoms with Gasteiger partial charge in [0.15, 0.2) is 6.10 Å². The van der Waals surface area contributed by atoms with Crippen molar-refractivity contribution in [2.75, 3.05) is 13.2 Å². The van der Waals surface area contributed by atoms with Gasteiger partial charge in [-0.2, -0.15) is 0 Å². The Bertz CT molecular complexity index is 918. The summed E-state index contributed by atoms with van der Waals surface area (Å²) in [6, 6.07) is 0. The highest BCUT2D eigenvalue weighted by molar-refractivity contribution is 5.71. The molecule has 0 aromatic carbocycles. The molecule has 0 aliphatic carbocycles. The van der Waals surface area contributed by atoms with Gasteiger partial charge >= 0.3 is 17.9 Å². The summed E-state index contributed by atoms with van der Waals surface area (Å²) in [7, 11) is 0. The van der Waals surface area contributed by atoms with Crippen LogP contribution < -0.4 is 0 Å². The monoisotopic (exact) mass is 849 g/mol. The Morgan fingerprint density at radius 2 is 0.633 bits per heavy atom. The molecule has 1 unspecified atom stereocenters. The molecule has 0 saturated carbocycles. The molecule has 0 aromatic rings.